The van der Waals surface area contributed by atoms with Gasteiger partial charge < -0.3 is 10.1 Å². The Morgan fingerprint density at radius 2 is 2.17 bits per heavy atom. The molecule has 1 amide bonds. The molecule has 0 fully saturated rings. The van der Waals surface area contributed by atoms with Gasteiger partial charge in [0.05, 0.1) is 6.61 Å². The quantitative estimate of drug-likeness (QED) is 0.755. The normalized spacial score (nSPS) is 10.4. The minimum absolute atomic E-state index is 0.126. The fraction of sp³-hybridized carbons (Fsp3) is 0.533. The van der Waals surface area contributed by atoms with Crippen LogP contribution < -0.4 is 10.1 Å². The summed E-state index contributed by atoms with van der Waals surface area (Å²) >= 11 is 0. The molecule has 0 radical (unpaired) electrons. The lowest BCUT2D eigenvalue weighted by atomic mass is 10.1. The van der Waals surface area contributed by atoms with Gasteiger partial charge in [-0.05, 0) is 37.0 Å². The Hall–Kier alpha value is -1.51. The standard InChI is InChI=1S/C15H23NO2/c1-12(2)10-15(17)16-8-5-9-18-14-7-4-6-13(3)11-14/h4,6-7,11-12H,5,8-10H2,1-3H3,(H,16,17). The Balaban J connectivity index is 2.10. The maximum Gasteiger partial charge on any atom is 0.220 e. The molecule has 3 nitrogen and oxygen atoms in total. The van der Waals surface area contributed by atoms with E-state index in [0.717, 1.165) is 12.2 Å². The molecule has 3 heteroatoms. The molecule has 0 unspecified atom stereocenters. The molecule has 0 atom stereocenters. The highest BCUT2D eigenvalue weighted by atomic mass is 16.5. The lowest BCUT2D eigenvalue weighted by molar-refractivity contribution is -0.121. The summed E-state index contributed by atoms with van der Waals surface area (Å²) in [5.74, 6) is 1.43. The van der Waals surface area contributed by atoms with E-state index in [1.165, 1.54) is 5.56 Å². The maximum absolute atomic E-state index is 11.4. The highest BCUT2D eigenvalue weighted by Gasteiger charge is 2.03. The van der Waals surface area contributed by atoms with Crippen molar-refractivity contribution in [3.8, 4) is 5.75 Å². The van der Waals surface area contributed by atoms with Crippen LogP contribution in [0.25, 0.3) is 0 Å². The highest BCUT2D eigenvalue weighted by Crippen LogP contribution is 2.12. The van der Waals surface area contributed by atoms with Crippen molar-refractivity contribution in [2.45, 2.75) is 33.6 Å². The minimum atomic E-state index is 0.126. The number of carbonyl (C=O) groups excluding carboxylic acids is 1. The number of aryl methyl sites for hydroxylation is 1. The van der Waals surface area contributed by atoms with Crippen molar-refractivity contribution in [1.29, 1.82) is 0 Å². The van der Waals surface area contributed by atoms with Gasteiger partial charge in [0.15, 0.2) is 0 Å². The summed E-state index contributed by atoms with van der Waals surface area (Å²) in [6.45, 7) is 7.43. The molecule has 1 aromatic carbocycles. The first-order valence-electron chi connectivity index (χ1n) is 6.54. The van der Waals surface area contributed by atoms with E-state index in [-0.39, 0.29) is 5.91 Å². The highest BCUT2D eigenvalue weighted by molar-refractivity contribution is 5.75. The molecule has 1 rings (SSSR count). The van der Waals surface area contributed by atoms with Gasteiger partial charge in [-0.15, -0.1) is 0 Å². The van der Waals surface area contributed by atoms with Gasteiger partial charge in [-0.2, -0.15) is 0 Å². The smallest absolute Gasteiger partial charge is 0.220 e. The predicted octanol–water partition coefficient (Wildman–Crippen LogP) is 2.93. The van der Waals surface area contributed by atoms with E-state index in [1.54, 1.807) is 0 Å². The topological polar surface area (TPSA) is 38.3 Å². The SMILES string of the molecule is Cc1cccc(OCCCNC(=O)CC(C)C)c1. The van der Waals surface area contributed by atoms with Gasteiger partial charge >= 0.3 is 0 Å². The number of benzene rings is 1. The largest absolute Gasteiger partial charge is 0.494 e. The summed E-state index contributed by atoms with van der Waals surface area (Å²) in [6, 6.07) is 7.98. The van der Waals surface area contributed by atoms with Crippen molar-refractivity contribution in [3.63, 3.8) is 0 Å². The lowest BCUT2D eigenvalue weighted by Gasteiger charge is -2.08. The van der Waals surface area contributed by atoms with Gasteiger partial charge in [-0.3, -0.25) is 4.79 Å². The second kappa shape index (κ2) is 7.75. The molecule has 0 saturated heterocycles. The van der Waals surface area contributed by atoms with Crippen LogP contribution in [-0.2, 0) is 4.79 Å². The van der Waals surface area contributed by atoms with E-state index in [2.05, 4.69) is 5.32 Å². The number of hydrogen-bond donors (Lipinski definition) is 1. The van der Waals surface area contributed by atoms with Gasteiger partial charge in [0.25, 0.3) is 0 Å². The molecule has 18 heavy (non-hydrogen) atoms. The number of hydrogen-bond acceptors (Lipinski definition) is 2. The van der Waals surface area contributed by atoms with Gasteiger partial charge in [0.2, 0.25) is 5.91 Å². The van der Waals surface area contributed by atoms with Crippen molar-refractivity contribution in [3.05, 3.63) is 29.8 Å². The molecular formula is C15H23NO2. The Morgan fingerprint density at radius 3 is 2.83 bits per heavy atom. The number of ether oxygens (including phenoxy) is 1. The van der Waals surface area contributed by atoms with E-state index >= 15 is 0 Å². The molecule has 0 bridgehead atoms. The van der Waals surface area contributed by atoms with E-state index in [1.807, 2.05) is 45.0 Å². The first-order valence-corrected chi connectivity index (χ1v) is 6.54. The summed E-state index contributed by atoms with van der Waals surface area (Å²) in [6.07, 6.45) is 1.43. The molecular weight excluding hydrogens is 226 g/mol. The van der Waals surface area contributed by atoms with Gasteiger partial charge in [-0.1, -0.05) is 26.0 Å². The zero-order valence-corrected chi connectivity index (χ0v) is 11.5. The monoisotopic (exact) mass is 249 g/mol. The predicted molar refractivity (Wildman–Crippen MR) is 73.8 cm³/mol. The average molecular weight is 249 g/mol. The molecule has 1 aromatic rings. The van der Waals surface area contributed by atoms with Crippen molar-refractivity contribution in [2.24, 2.45) is 5.92 Å². The van der Waals surface area contributed by atoms with Crippen molar-refractivity contribution < 1.29 is 9.53 Å². The third-order valence-electron chi connectivity index (χ3n) is 2.50. The summed E-state index contributed by atoms with van der Waals surface area (Å²) in [4.78, 5) is 11.4. The van der Waals surface area contributed by atoms with Gasteiger partial charge in [0.1, 0.15) is 5.75 Å². The fourth-order valence-corrected chi connectivity index (χ4v) is 1.64. The number of carbonyl (C=O) groups is 1. The summed E-state index contributed by atoms with van der Waals surface area (Å²) in [5, 5.41) is 2.89. The lowest BCUT2D eigenvalue weighted by Crippen LogP contribution is -2.26. The minimum Gasteiger partial charge on any atom is -0.494 e. The van der Waals surface area contributed by atoms with E-state index < -0.39 is 0 Å². The third kappa shape index (κ3) is 6.28. The first-order chi connectivity index (χ1) is 8.58. The molecule has 0 aliphatic rings. The van der Waals surface area contributed by atoms with Crippen molar-refractivity contribution in [2.75, 3.05) is 13.2 Å². The molecule has 0 heterocycles. The Kier molecular flexibility index (Phi) is 6.26. The second-order valence-electron chi connectivity index (χ2n) is 4.97. The Labute approximate surface area is 110 Å². The zero-order valence-electron chi connectivity index (χ0n) is 11.5. The van der Waals surface area contributed by atoms with Crippen LogP contribution in [0.15, 0.2) is 24.3 Å². The number of amides is 1. The second-order valence-corrected chi connectivity index (χ2v) is 4.97. The molecule has 0 aliphatic heterocycles. The number of rotatable bonds is 7. The summed E-state index contributed by atoms with van der Waals surface area (Å²) < 4.78 is 5.60. The van der Waals surface area contributed by atoms with Crippen LogP contribution >= 0.6 is 0 Å². The average Bonchev–Trinajstić information content (AvgIpc) is 2.27. The van der Waals surface area contributed by atoms with Gasteiger partial charge in [0, 0.05) is 13.0 Å². The fourth-order valence-electron chi connectivity index (χ4n) is 1.64. The third-order valence-corrected chi connectivity index (χ3v) is 2.50. The molecule has 100 valence electrons. The first kappa shape index (κ1) is 14.6. The van der Waals surface area contributed by atoms with E-state index in [0.29, 0.717) is 25.5 Å². The summed E-state index contributed by atoms with van der Waals surface area (Å²) in [7, 11) is 0. The van der Waals surface area contributed by atoms with Crippen LogP contribution in [0.2, 0.25) is 0 Å². The summed E-state index contributed by atoms with van der Waals surface area (Å²) in [5.41, 5.74) is 1.19. The van der Waals surface area contributed by atoms with Crippen LogP contribution in [0.4, 0.5) is 0 Å². The molecule has 0 spiro atoms. The van der Waals surface area contributed by atoms with Crippen molar-refractivity contribution in [1.82, 2.24) is 5.32 Å². The number of nitrogens with one attached hydrogen (secondary N) is 1. The van der Waals surface area contributed by atoms with Crippen LogP contribution in [-0.4, -0.2) is 19.1 Å². The zero-order chi connectivity index (χ0) is 13.4. The molecule has 0 saturated carbocycles. The van der Waals surface area contributed by atoms with Crippen molar-refractivity contribution >= 4 is 5.91 Å². The van der Waals surface area contributed by atoms with E-state index in [9.17, 15) is 4.79 Å². The van der Waals surface area contributed by atoms with Crippen LogP contribution in [0, 0.1) is 12.8 Å². The molecule has 0 aromatic heterocycles. The molecule has 1 N–H and O–H groups in total. The van der Waals surface area contributed by atoms with Gasteiger partial charge in [-0.25, -0.2) is 0 Å². The van der Waals surface area contributed by atoms with Crippen LogP contribution in [0.3, 0.4) is 0 Å². The maximum atomic E-state index is 11.4. The Bertz CT molecular complexity index is 375. The van der Waals surface area contributed by atoms with E-state index in [4.69, 9.17) is 4.74 Å². The molecule has 0 aliphatic carbocycles. The van der Waals surface area contributed by atoms with Crippen LogP contribution in [0.1, 0.15) is 32.3 Å². The van der Waals surface area contributed by atoms with Crippen LogP contribution in [0.5, 0.6) is 5.75 Å². The Morgan fingerprint density at radius 1 is 1.39 bits per heavy atom.